The van der Waals surface area contributed by atoms with E-state index in [2.05, 4.69) is 4.98 Å². The van der Waals surface area contributed by atoms with Gasteiger partial charge in [-0.3, -0.25) is 14.1 Å². The van der Waals surface area contributed by atoms with Gasteiger partial charge in [-0.2, -0.15) is 12.7 Å². The van der Waals surface area contributed by atoms with Crippen LogP contribution in [0.25, 0.3) is 10.9 Å². The van der Waals surface area contributed by atoms with E-state index >= 15 is 4.39 Å². The Hall–Kier alpha value is -3.82. The van der Waals surface area contributed by atoms with Crippen LogP contribution in [0.1, 0.15) is 52.5 Å². The van der Waals surface area contributed by atoms with Crippen LogP contribution < -0.4 is 15.0 Å². The lowest BCUT2D eigenvalue weighted by Gasteiger charge is -2.52. The molecule has 5 rings (SSSR count). The second-order valence-corrected chi connectivity index (χ2v) is 14.4. The first-order valence-electron chi connectivity index (χ1n) is 14.6. The Balaban J connectivity index is 1.31. The van der Waals surface area contributed by atoms with Crippen molar-refractivity contribution in [1.29, 1.82) is 0 Å². The maximum absolute atomic E-state index is 15.3. The first-order chi connectivity index (χ1) is 21.1. The van der Waals surface area contributed by atoms with Gasteiger partial charge < -0.3 is 19.5 Å². The number of rotatable bonds is 8. The molecule has 2 heterocycles. The molecule has 1 amide bonds. The number of fused-ring (bicyclic) bond motifs is 1. The molecule has 1 aliphatic carbocycles. The number of likely N-dealkylation sites (N-methyl/N-ethyl adjacent to an activating group) is 1. The minimum absolute atomic E-state index is 0.0248. The Morgan fingerprint density at radius 1 is 1.18 bits per heavy atom. The number of halogens is 2. The first-order valence-corrected chi connectivity index (χ1v) is 16.0. The molecular weight excluding hydrogens is 612 g/mol. The highest BCUT2D eigenvalue weighted by Crippen LogP contribution is 2.54. The van der Waals surface area contributed by atoms with Crippen LogP contribution >= 0.6 is 0 Å². The molecule has 3 aromatic rings. The molecule has 0 unspecified atom stereocenters. The average Bonchev–Trinajstić information content (AvgIpc) is 2.95. The lowest BCUT2D eigenvalue weighted by Crippen LogP contribution is -2.51. The van der Waals surface area contributed by atoms with E-state index in [-0.39, 0.29) is 40.8 Å². The predicted octanol–water partition coefficient (Wildman–Crippen LogP) is 4.40. The lowest BCUT2D eigenvalue weighted by atomic mass is 9.60. The summed E-state index contributed by atoms with van der Waals surface area (Å²) in [5, 5.41) is 9.21. The van der Waals surface area contributed by atoms with Crippen molar-refractivity contribution in [2.45, 2.75) is 58.1 Å². The third-order valence-electron chi connectivity index (χ3n) is 8.29. The van der Waals surface area contributed by atoms with Crippen molar-refractivity contribution in [3.8, 4) is 11.5 Å². The summed E-state index contributed by atoms with van der Waals surface area (Å²) in [5.41, 5.74) is -1.05. The smallest absolute Gasteiger partial charge is 0.410 e. The van der Waals surface area contributed by atoms with Gasteiger partial charge in [0.2, 0.25) is 5.75 Å². The molecule has 45 heavy (non-hydrogen) atoms. The normalized spacial score (nSPS) is 17.0. The fraction of sp³-hybridized carbons (Fsp3) is 0.500. The zero-order valence-corrected chi connectivity index (χ0v) is 26.4. The van der Waals surface area contributed by atoms with Gasteiger partial charge in [0.05, 0.1) is 29.5 Å². The molecule has 0 atom stereocenters. The monoisotopic (exact) mass is 649 g/mol. The summed E-state index contributed by atoms with van der Waals surface area (Å²) < 4.78 is 70.1. The number of hydrogen-bond acceptors (Lipinski definition) is 8. The molecule has 2 aromatic carbocycles. The van der Waals surface area contributed by atoms with Gasteiger partial charge in [0.25, 0.3) is 5.56 Å². The number of aromatic nitrogens is 2. The number of benzene rings is 2. The minimum atomic E-state index is -4.24. The molecule has 1 aliphatic heterocycles. The molecule has 12 nitrogen and oxygen atoms in total. The predicted molar refractivity (Wildman–Crippen MR) is 162 cm³/mol. The standard InChI is InChI=1S/C30H37F2N5O7S/c1-29(2,3)44-28(40)36-11-9-30(10-12-36)16-19(17-30)37-18-33-23-7-5-20(15-21(23)27(37)39)43-26-22(31)6-8-24(25(26)32)34-45(41,42)35(4)13-14-38/h5-8,15,18-19,34,38H,9-14,16-17H2,1-4H3. The zero-order valence-electron chi connectivity index (χ0n) is 25.5. The van der Waals surface area contributed by atoms with Crippen molar-refractivity contribution >= 4 is 32.9 Å². The van der Waals surface area contributed by atoms with Gasteiger partial charge in [0.1, 0.15) is 11.4 Å². The Morgan fingerprint density at radius 3 is 2.51 bits per heavy atom. The Kier molecular flexibility index (Phi) is 8.81. The molecule has 2 N–H and O–H groups in total. The van der Waals surface area contributed by atoms with Gasteiger partial charge in [0, 0.05) is 32.7 Å². The molecular formula is C30H37F2N5O7S. The molecule has 15 heteroatoms. The van der Waals surface area contributed by atoms with Gasteiger partial charge in [-0.1, -0.05) is 0 Å². The summed E-state index contributed by atoms with van der Waals surface area (Å²) in [6.45, 7) is 5.98. The fourth-order valence-electron chi connectivity index (χ4n) is 5.77. The molecule has 1 saturated carbocycles. The molecule has 0 bridgehead atoms. The van der Waals surface area contributed by atoms with E-state index in [0.717, 1.165) is 42.1 Å². The van der Waals surface area contributed by atoms with Gasteiger partial charge in [-0.25, -0.2) is 18.6 Å². The average molecular weight is 650 g/mol. The lowest BCUT2D eigenvalue weighted by molar-refractivity contribution is -0.0241. The number of carbonyl (C=O) groups is 1. The highest BCUT2D eigenvalue weighted by molar-refractivity contribution is 7.90. The van der Waals surface area contributed by atoms with Crippen LogP contribution in [-0.4, -0.2) is 77.3 Å². The van der Waals surface area contributed by atoms with E-state index in [1.54, 1.807) is 9.47 Å². The Labute approximate surface area is 259 Å². The van der Waals surface area contributed by atoms with Crippen LogP contribution in [0.4, 0.5) is 19.3 Å². The SMILES string of the molecule is CN(CCO)S(=O)(=O)Nc1ccc(F)c(Oc2ccc3ncn(C4CC5(CCN(C(=O)OC(C)(C)C)CC5)C4)c(=O)c3c2)c1F. The molecule has 2 fully saturated rings. The Bertz CT molecular complexity index is 1760. The summed E-state index contributed by atoms with van der Waals surface area (Å²) in [6, 6.07) is 5.92. The quantitative estimate of drug-likeness (QED) is 0.366. The Morgan fingerprint density at radius 2 is 1.87 bits per heavy atom. The van der Waals surface area contributed by atoms with E-state index in [0.29, 0.717) is 18.6 Å². The van der Waals surface area contributed by atoms with Crippen LogP contribution in [0.2, 0.25) is 0 Å². The molecule has 244 valence electrons. The number of piperidine rings is 1. The number of hydrogen-bond donors (Lipinski definition) is 2. The third kappa shape index (κ3) is 6.89. The van der Waals surface area contributed by atoms with E-state index in [1.807, 2.05) is 25.5 Å². The first kappa shape index (κ1) is 32.6. The van der Waals surface area contributed by atoms with Crippen LogP contribution in [0.3, 0.4) is 0 Å². The molecule has 1 spiro atoms. The van der Waals surface area contributed by atoms with E-state index in [4.69, 9.17) is 14.6 Å². The van der Waals surface area contributed by atoms with Gasteiger partial charge in [-0.05, 0) is 82.2 Å². The van der Waals surface area contributed by atoms with Crippen LogP contribution in [0, 0.1) is 17.0 Å². The van der Waals surface area contributed by atoms with Crippen molar-refractivity contribution < 1.29 is 36.6 Å². The topological polar surface area (TPSA) is 143 Å². The fourth-order valence-corrected chi connectivity index (χ4v) is 6.69. The maximum Gasteiger partial charge on any atom is 0.410 e. The number of carbonyl (C=O) groups excluding carboxylic acids is 1. The number of nitrogens with zero attached hydrogens (tertiary/aromatic N) is 4. The highest BCUT2D eigenvalue weighted by atomic mass is 32.2. The molecule has 1 saturated heterocycles. The number of amides is 1. The summed E-state index contributed by atoms with van der Waals surface area (Å²) in [6.07, 6.45) is 4.30. The largest absolute Gasteiger partial charge is 0.451 e. The number of anilines is 1. The maximum atomic E-state index is 15.3. The van der Waals surface area contributed by atoms with Crippen LogP contribution in [-0.2, 0) is 14.9 Å². The number of nitrogens with one attached hydrogen (secondary N) is 1. The van der Waals surface area contributed by atoms with Crippen molar-refractivity contribution in [2.75, 3.05) is 38.0 Å². The molecule has 2 aliphatic rings. The van der Waals surface area contributed by atoms with Crippen LogP contribution in [0.5, 0.6) is 11.5 Å². The second-order valence-electron chi connectivity index (χ2n) is 12.7. The second kappa shape index (κ2) is 12.2. The summed E-state index contributed by atoms with van der Waals surface area (Å²) >= 11 is 0. The van der Waals surface area contributed by atoms with Gasteiger partial charge >= 0.3 is 16.3 Å². The van der Waals surface area contributed by atoms with Gasteiger partial charge in [-0.15, -0.1) is 0 Å². The molecule has 1 aromatic heterocycles. The number of likely N-dealkylation sites (tertiary alicyclic amines) is 1. The summed E-state index contributed by atoms with van der Waals surface area (Å²) in [4.78, 5) is 32.1. The van der Waals surface area contributed by atoms with E-state index in [9.17, 15) is 22.4 Å². The number of aliphatic hydroxyl groups is 1. The summed E-state index contributed by atoms with van der Waals surface area (Å²) in [5.74, 6) is -3.28. The van der Waals surface area contributed by atoms with Crippen molar-refractivity contribution in [3.05, 3.63) is 58.6 Å². The summed E-state index contributed by atoms with van der Waals surface area (Å²) in [7, 11) is -3.05. The van der Waals surface area contributed by atoms with Crippen molar-refractivity contribution in [1.82, 2.24) is 18.8 Å². The zero-order chi connectivity index (χ0) is 32.7. The van der Waals surface area contributed by atoms with Crippen LogP contribution in [0.15, 0.2) is 41.5 Å². The van der Waals surface area contributed by atoms with E-state index in [1.165, 1.54) is 31.6 Å². The highest BCUT2D eigenvalue weighted by Gasteiger charge is 2.47. The van der Waals surface area contributed by atoms with Crippen molar-refractivity contribution in [2.24, 2.45) is 5.41 Å². The number of aliphatic hydroxyl groups excluding tert-OH is 1. The van der Waals surface area contributed by atoms with Gasteiger partial charge in [0.15, 0.2) is 11.6 Å². The van der Waals surface area contributed by atoms with E-state index < -0.39 is 45.5 Å². The third-order valence-corrected chi connectivity index (χ3v) is 9.77. The molecule has 0 radical (unpaired) electrons. The minimum Gasteiger partial charge on any atom is -0.451 e. The van der Waals surface area contributed by atoms with Crippen molar-refractivity contribution in [3.63, 3.8) is 0 Å². The number of ether oxygens (including phenoxy) is 2.